The van der Waals surface area contributed by atoms with Crippen LogP contribution in [0, 0.1) is 45.3 Å². The van der Waals surface area contributed by atoms with Gasteiger partial charge in [0.2, 0.25) is 0 Å². The number of para-hydroxylation sites is 2. The Labute approximate surface area is 198 Å². The molecule has 0 radical (unpaired) electrons. The van der Waals surface area contributed by atoms with Crippen molar-refractivity contribution in [2.24, 2.45) is 0 Å². The van der Waals surface area contributed by atoms with Gasteiger partial charge in [0.25, 0.3) is 0 Å². The Morgan fingerprint density at radius 3 is 1.29 bits per heavy atom. The van der Waals surface area contributed by atoms with Crippen LogP contribution in [-0.4, -0.2) is 0 Å². The summed E-state index contributed by atoms with van der Waals surface area (Å²) in [6.45, 7) is 0.515. The number of allylic oxidation sites excluding steroid dienone is 2. The third-order valence-corrected chi connectivity index (χ3v) is 4.80. The van der Waals surface area contributed by atoms with Crippen molar-refractivity contribution in [3.63, 3.8) is 0 Å². The first-order valence-electron chi connectivity index (χ1n) is 10.2. The molecule has 0 atom stereocenters. The lowest BCUT2D eigenvalue weighted by Crippen LogP contribution is -2.04. The molecule has 6 heteroatoms. The van der Waals surface area contributed by atoms with Crippen LogP contribution < -0.4 is 9.47 Å². The van der Waals surface area contributed by atoms with E-state index in [9.17, 15) is 0 Å². The van der Waals surface area contributed by atoms with Crippen LogP contribution in [-0.2, 0) is 13.2 Å². The molecule has 0 N–H and O–H groups in total. The summed E-state index contributed by atoms with van der Waals surface area (Å²) in [6.07, 6.45) is 2.98. The molecule has 0 spiro atoms. The number of hydrogen-bond donors (Lipinski definition) is 0. The topological polar surface area (TPSA) is 114 Å². The molecule has 0 aromatic heterocycles. The molecule has 0 amide bonds. The number of rotatable bonds is 8. The first-order chi connectivity index (χ1) is 16.7. The van der Waals surface area contributed by atoms with Gasteiger partial charge < -0.3 is 9.47 Å². The summed E-state index contributed by atoms with van der Waals surface area (Å²) in [4.78, 5) is 0. The highest BCUT2D eigenvalue weighted by Crippen LogP contribution is 2.25. The number of nitriles is 4. The van der Waals surface area contributed by atoms with Crippen molar-refractivity contribution >= 4 is 12.2 Å². The monoisotopic (exact) mass is 442 g/mol. The fourth-order valence-corrected chi connectivity index (χ4v) is 3.10. The van der Waals surface area contributed by atoms with E-state index in [1.54, 1.807) is 24.3 Å². The Bertz CT molecular complexity index is 1270. The van der Waals surface area contributed by atoms with Crippen LogP contribution in [0.5, 0.6) is 11.5 Å². The van der Waals surface area contributed by atoms with E-state index in [-0.39, 0.29) is 24.4 Å². The van der Waals surface area contributed by atoms with Gasteiger partial charge in [-0.05, 0) is 35.4 Å². The van der Waals surface area contributed by atoms with Gasteiger partial charge in [0, 0.05) is 11.1 Å². The first kappa shape index (κ1) is 23.4. The Balaban J connectivity index is 1.78. The van der Waals surface area contributed by atoms with Crippen LogP contribution in [0.1, 0.15) is 22.3 Å². The fourth-order valence-electron chi connectivity index (χ4n) is 3.10. The standard InChI is InChI=1S/C28H18N4O2/c29-15-21(16-30)13-23-7-3-5-11-27(23)33-19-25-9-1-2-10-26(25)20-34-28-12-6-4-8-24(28)14-22(17-31)18-32/h1-14H,19-20H2. The van der Waals surface area contributed by atoms with Gasteiger partial charge >= 0.3 is 0 Å². The summed E-state index contributed by atoms with van der Waals surface area (Å²) in [5.74, 6) is 1.11. The second-order valence-electron chi connectivity index (χ2n) is 6.98. The SMILES string of the molecule is N#CC(C#N)=Cc1ccccc1OCc1ccccc1COc1ccccc1C=C(C#N)C#N. The predicted molar refractivity (Wildman–Crippen MR) is 126 cm³/mol. The molecular formula is C28H18N4O2. The van der Waals surface area contributed by atoms with E-state index in [1.165, 1.54) is 12.2 Å². The normalized spacial score (nSPS) is 9.29. The average molecular weight is 442 g/mol. The van der Waals surface area contributed by atoms with Crippen molar-refractivity contribution < 1.29 is 9.47 Å². The van der Waals surface area contributed by atoms with Gasteiger partial charge in [-0.25, -0.2) is 0 Å². The van der Waals surface area contributed by atoms with Crippen LogP contribution in [0.15, 0.2) is 83.9 Å². The van der Waals surface area contributed by atoms with Crippen molar-refractivity contribution in [1.29, 1.82) is 21.0 Å². The summed E-state index contributed by atoms with van der Waals surface area (Å²) < 4.78 is 12.0. The lowest BCUT2D eigenvalue weighted by Gasteiger charge is -2.14. The summed E-state index contributed by atoms with van der Waals surface area (Å²) >= 11 is 0. The molecule has 0 bridgehead atoms. The largest absolute Gasteiger partial charge is 0.488 e. The molecule has 6 nitrogen and oxygen atoms in total. The Morgan fingerprint density at radius 1 is 0.559 bits per heavy atom. The molecule has 3 aromatic rings. The molecular weight excluding hydrogens is 424 g/mol. The van der Waals surface area contributed by atoms with Crippen LogP contribution in [0.2, 0.25) is 0 Å². The predicted octanol–water partition coefficient (Wildman–Crippen LogP) is 5.71. The highest BCUT2D eigenvalue weighted by Gasteiger charge is 2.09. The molecule has 0 aliphatic rings. The van der Waals surface area contributed by atoms with Crippen molar-refractivity contribution in [2.75, 3.05) is 0 Å². The fraction of sp³-hybridized carbons (Fsp3) is 0.0714. The van der Waals surface area contributed by atoms with Gasteiger partial charge in [-0.1, -0.05) is 60.7 Å². The first-order valence-corrected chi connectivity index (χ1v) is 10.2. The molecule has 0 saturated heterocycles. The van der Waals surface area contributed by atoms with Gasteiger partial charge in [-0.15, -0.1) is 0 Å². The minimum Gasteiger partial charge on any atom is -0.488 e. The summed E-state index contributed by atoms with van der Waals surface area (Å²) in [6, 6.07) is 29.5. The number of ether oxygens (including phenoxy) is 2. The maximum atomic E-state index is 9.04. The van der Waals surface area contributed by atoms with Crippen LogP contribution >= 0.6 is 0 Å². The van der Waals surface area contributed by atoms with E-state index < -0.39 is 0 Å². The number of nitrogens with zero attached hydrogens (tertiary/aromatic N) is 4. The van der Waals surface area contributed by atoms with E-state index in [0.29, 0.717) is 22.6 Å². The van der Waals surface area contributed by atoms with E-state index in [2.05, 4.69) is 0 Å². The molecule has 0 heterocycles. The third-order valence-electron chi connectivity index (χ3n) is 4.80. The zero-order chi connectivity index (χ0) is 24.2. The second kappa shape index (κ2) is 11.9. The Hall–Kier alpha value is -5.30. The molecule has 0 aliphatic carbocycles. The van der Waals surface area contributed by atoms with Gasteiger partial charge in [0.05, 0.1) is 0 Å². The minimum absolute atomic E-state index is 0.00600. The van der Waals surface area contributed by atoms with Gasteiger partial charge in [0.1, 0.15) is 60.1 Å². The molecule has 0 fully saturated rings. The van der Waals surface area contributed by atoms with Crippen molar-refractivity contribution in [1.82, 2.24) is 0 Å². The van der Waals surface area contributed by atoms with E-state index >= 15 is 0 Å². The van der Waals surface area contributed by atoms with Gasteiger partial charge in [0.15, 0.2) is 0 Å². The minimum atomic E-state index is -0.00600. The van der Waals surface area contributed by atoms with Crippen molar-refractivity contribution in [3.8, 4) is 35.8 Å². The molecule has 3 aromatic carbocycles. The van der Waals surface area contributed by atoms with Crippen LogP contribution in [0.3, 0.4) is 0 Å². The van der Waals surface area contributed by atoms with E-state index in [4.69, 9.17) is 30.5 Å². The lowest BCUT2D eigenvalue weighted by atomic mass is 10.1. The van der Waals surface area contributed by atoms with Crippen LogP contribution in [0.25, 0.3) is 12.2 Å². The molecule has 0 saturated carbocycles. The molecule has 3 rings (SSSR count). The number of benzene rings is 3. The quantitative estimate of drug-likeness (QED) is 0.413. The summed E-state index contributed by atoms with van der Waals surface area (Å²) in [5.41, 5.74) is 3.08. The zero-order valence-corrected chi connectivity index (χ0v) is 18.1. The second-order valence-corrected chi connectivity index (χ2v) is 6.98. The van der Waals surface area contributed by atoms with Crippen molar-refractivity contribution in [3.05, 3.63) is 106 Å². The summed E-state index contributed by atoms with van der Waals surface area (Å²) in [7, 11) is 0. The molecule has 0 unspecified atom stereocenters. The Kier molecular flexibility index (Phi) is 8.19. The van der Waals surface area contributed by atoms with Crippen LogP contribution in [0.4, 0.5) is 0 Å². The highest BCUT2D eigenvalue weighted by molar-refractivity contribution is 5.67. The van der Waals surface area contributed by atoms with Gasteiger partial charge in [-0.3, -0.25) is 0 Å². The summed E-state index contributed by atoms with van der Waals surface area (Å²) in [5, 5.41) is 36.2. The molecule has 162 valence electrons. The zero-order valence-electron chi connectivity index (χ0n) is 18.1. The third kappa shape index (κ3) is 6.12. The smallest absolute Gasteiger partial charge is 0.130 e. The van der Waals surface area contributed by atoms with E-state index in [0.717, 1.165) is 11.1 Å². The molecule has 34 heavy (non-hydrogen) atoms. The molecule has 0 aliphatic heterocycles. The highest BCUT2D eigenvalue weighted by atomic mass is 16.5. The average Bonchev–Trinajstić information content (AvgIpc) is 2.89. The van der Waals surface area contributed by atoms with Crippen molar-refractivity contribution in [2.45, 2.75) is 13.2 Å². The lowest BCUT2D eigenvalue weighted by molar-refractivity contribution is 0.285. The van der Waals surface area contributed by atoms with E-state index in [1.807, 2.05) is 72.8 Å². The van der Waals surface area contributed by atoms with Gasteiger partial charge in [-0.2, -0.15) is 21.0 Å². The maximum Gasteiger partial charge on any atom is 0.130 e. The Morgan fingerprint density at radius 2 is 0.912 bits per heavy atom. The number of hydrogen-bond acceptors (Lipinski definition) is 6. The maximum absolute atomic E-state index is 9.04.